The predicted molar refractivity (Wildman–Crippen MR) is 60.2 cm³/mol. The van der Waals surface area contributed by atoms with Gasteiger partial charge in [-0.1, -0.05) is 19.8 Å². The zero-order chi connectivity index (χ0) is 10.3. The summed E-state index contributed by atoms with van der Waals surface area (Å²) in [6.07, 6.45) is 4.02. The summed E-state index contributed by atoms with van der Waals surface area (Å²) < 4.78 is 0. The van der Waals surface area contributed by atoms with E-state index in [-0.39, 0.29) is 0 Å². The van der Waals surface area contributed by atoms with Crippen LogP contribution >= 0.6 is 0 Å². The summed E-state index contributed by atoms with van der Waals surface area (Å²) in [7, 11) is 6.50. The van der Waals surface area contributed by atoms with E-state index < -0.39 is 0 Å². The van der Waals surface area contributed by atoms with E-state index in [1.807, 2.05) is 0 Å². The van der Waals surface area contributed by atoms with Gasteiger partial charge >= 0.3 is 0 Å². The molecule has 0 aromatic heterocycles. The Morgan fingerprint density at radius 3 is 2.15 bits per heavy atom. The van der Waals surface area contributed by atoms with Crippen molar-refractivity contribution < 1.29 is 0 Å². The van der Waals surface area contributed by atoms with Crippen LogP contribution in [0, 0.1) is 0 Å². The fraction of sp³-hybridized carbons (Fsp3) is 1.00. The fourth-order valence-electron chi connectivity index (χ4n) is 1.34. The van der Waals surface area contributed by atoms with Crippen molar-refractivity contribution in [2.45, 2.75) is 39.2 Å². The molecule has 0 aliphatic carbocycles. The first kappa shape index (κ1) is 12.9. The van der Waals surface area contributed by atoms with Gasteiger partial charge in [-0.05, 0) is 41.0 Å². The molecular weight excluding hydrogens is 160 g/mol. The van der Waals surface area contributed by atoms with Gasteiger partial charge in [0, 0.05) is 12.6 Å². The fourth-order valence-corrected chi connectivity index (χ4v) is 1.34. The number of likely N-dealkylation sites (N-methyl/N-ethyl adjacent to an activating group) is 2. The third-order valence-corrected chi connectivity index (χ3v) is 2.60. The number of hydrogen-bond donors (Lipinski definition) is 0. The van der Waals surface area contributed by atoms with Gasteiger partial charge in [-0.2, -0.15) is 0 Å². The Labute approximate surface area is 83.9 Å². The van der Waals surface area contributed by atoms with E-state index in [2.05, 4.69) is 44.8 Å². The van der Waals surface area contributed by atoms with Crippen molar-refractivity contribution in [2.75, 3.05) is 34.2 Å². The second-order valence-corrected chi connectivity index (χ2v) is 4.28. The highest BCUT2D eigenvalue weighted by Crippen LogP contribution is 1.99. The molecule has 0 aromatic carbocycles. The molecule has 2 heteroatoms. The molecule has 1 atom stereocenters. The Morgan fingerprint density at radius 2 is 1.69 bits per heavy atom. The number of nitrogens with zero attached hydrogens (tertiary/aromatic N) is 2. The molecule has 2 nitrogen and oxygen atoms in total. The van der Waals surface area contributed by atoms with Gasteiger partial charge in [-0.3, -0.25) is 0 Å². The molecule has 0 rings (SSSR count). The summed E-state index contributed by atoms with van der Waals surface area (Å²) in [5.74, 6) is 0. The lowest BCUT2D eigenvalue weighted by Gasteiger charge is -2.25. The van der Waals surface area contributed by atoms with Crippen LogP contribution in [0.2, 0.25) is 0 Å². The summed E-state index contributed by atoms with van der Waals surface area (Å²) >= 11 is 0. The normalized spacial score (nSPS) is 14.1. The zero-order valence-electron chi connectivity index (χ0n) is 10.0. The minimum absolute atomic E-state index is 0.659. The highest BCUT2D eigenvalue weighted by Gasteiger charge is 2.07. The highest BCUT2D eigenvalue weighted by molar-refractivity contribution is 4.64. The number of hydrogen-bond acceptors (Lipinski definition) is 2. The average Bonchev–Trinajstić information content (AvgIpc) is 2.04. The maximum Gasteiger partial charge on any atom is 0.0188 e. The first-order valence-corrected chi connectivity index (χ1v) is 5.43. The Kier molecular flexibility index (Phi) is 7.29. The van der Waals surface area contributed by atoms with Crippen LogP contribution in [0.4, 0.5) is 0 Å². The minimum atomic E-state index is 0.659. The lowest BCUT2D eigenvalue weighted by atomic mass is 10.2. The smallest absolute Gasteiger partial charge is 0.0188 e. The first-order chi connectivity index (χ1) is 6.07. The third-order valence-electron chi connectivity index (χ3n) is 2.60. The van der Waals surface area contributed by atoms with Gasteiger partial charge in [-0.15, -0.1) is 0 Å². The van der Waals surface area contributed by atoms with E-state index in [0.717, 1.165) is 0 Å². The second-order valence-electron chi connectivity index (χ2n) is 4.28. The van der Waals surface area contributed by atoms with Gasteiger partial charge in [0.2, 0.25) is 0 Å². The molecule has 0 bridgehead atoms. The van der Waals surface area contributed by atoms with Crippen molar-refractivity contribution in [3.63, 3.8) is 0 Å². The Hall–Kier alpha value is -0.0800. The molecule has 0 N–H and O–H groups in total. The Balaban J connectivity index is 3.43. The summed E-state index contributed by atoms with van der Waals surface area (Å²) in [4.78, 5) is 4.71. The van der Waals surface area contributed by atoms with Crippen LogP contribution in [-0.4, -0.2) is 50.1 Å². The summed E-state index contributed by atoms with van der Waals surface area (Å²) in [6.45, 7) is 6.95. The molecule has 0 aliphatic heterocycles. The van der Waals surface area contributed by atoms with Crippen molar-refractivity contribution in [2.24, 2.45) is 0 Å². The molecule has 13 heavy (non-hydrogen) atoms. The lowest BCUT2D eigenvalue weighted by molar-refractivity contribution is 0.218. The van der Waals surface area contributed by atoms with E-state index >= 15 is 0 Å². The molecule has 1 unspecified atom stereocenters. The van der Waals surface area contributed by atoms with Crippen molar-refractivity contribution in [3.05, 3.63) is 0 Å². The quantitative estimate of drug-likeness (QED) is 0.562. The number of rotatable bonds is 7. The van der Waals surface area contributed by atoms with Crippen LogP contribution in [0.3, 0.4) is 0 Å². The molecule has 0 aromatic rings. The van der Waals surface area contributed by atoms with E-state index in [0.29, 0.717) is 6.04 Å². The van der Waals surface area contributed by atoms with Crippen LogP contribution in [0.15, 0.2) is 0 Å². The van der Waals surface area contributed by atoms with E-state index in [4.69, 9.17) is 0 Å². The highest BCUT2D eigenvalue weighted by atomic mass is 15.2. The van der Waals surface area contributed by atoms with Gasteiger partial charge in [0.15, 0.2) is 0 Å². The van der Waals surface area contributed by atoms with Crippen LogP contribution < -0.4 is 0 Å². The predicted octanol–water partition coefficient (Wildman–Crippen LogP) is 2.06. The van der Waals surface area contributed by atoms with E-state index in [1.54, 1.807) is 0 Å². The SMILES string of the molecule is CCCCCN(C)CC(C)N(C)C. The van der Waals surface area contributed by atoms with Crippen LogP contribution in [0.5, 0.6) is 0 Å². The molecule has 0 spiro atoms. The molecule has 0 saturated heterocycles. The zero-order valence-corrected chi connectivity index (χ0v) is 10.0. The lowest BCUT2D eigenvalue weighted by Crippen LogP contribution is -2.36. The molecule has 80 valence electrons. The largest absolute Gasteiger partial charge is 0.305 e. The molecule has 0 saturated carbocycles. The topological polar surface area (TPSA) is 6.48 Å². The van der Waals surface area contributed by atoms with Gasteiger partial charge in [0.25, 0.3) is 0 Å². The minimum Gasteiger partial charge on any atom is -0.305 e. The Morgan fingerprint density at radius 1 is 1.08 bits per heavy atom. The van der Waals surface area contributed by atoms with Crippen molar-refractivity contribution >= 4 is 0 Å². The summed E-state index contributed by atoms with van der Waals surface area (Å²) in [5.41, 5.74) is 0. The Bertz CT molecular complexity index is 113. The van der Waals surface area contributed by atoms with Crippen LogP contribution in [0.1, 0.15) is 33.1 Å². The van der Waals surface area contributed by atoms with Gasteiger partial charge in [0.05, 0.1) is 0 Å². The standard InChI is InChI=1S/C11H26N2/c1-6-7-8-9-13(5)10-11(2)12(3)4/h11H,6-10H2,1-5H3. The van der Waals surface area contributed by atoms with E-state index in [9.17, 15) is 0 Å². The van der Waals surface area contributed by atoms with E-state index in [1.165, 1.54) is 32.4 Å². The molecule has 0 aliphatic rings. The maximum absolute atomic E-state index is 2.43. The molecule has 0 fully saturated rings. The number of unbranched alkanes of at least 4 members (excludes halogenated alkanes) is 2. The van der Waals surface area contributed by atoms with Crippen LogP contribution in [0.25, 0.3) is 0 Å². The van der Waals surface area contributed by atoms with Gasteiger partial charge in [0.1, 0.15) is 0 Å². The molecule has 0 amide bonds. The van der Waals surface area contributed by atoms with Crippen LogP contribution in [-0.2, 0) is 0 Å². The van der Waals surface area contributed by atoms with Gasteiger partial charge in [-0.25, -0.2) is 0 Å². The second kappa shape index (κ2) is 7.34. The molecule has 0 heterocycles. The summed E-state index contributed by atoms with van der Waals surface area (Å²) in [5, 5.41) is 0. The third kappa shape index (κ3) is 7.03. The maximum atomic E-state index is 2.43. The average molecular weight is 186 g/mol. The van der Waals surface area contributed by atoms with Crippen molar-refractivity contribution in [1.29, 1.82) is 0 Å². The first-order valence-electron chi connectivity index (χ1n) is 5.43. The molecular formula is C11H26N2. The van der Waals surface area contributed by atoms with Crippen molar-refractivity contribution in [1.82, 2.24) is 9.80 Å². The summed E-state index contributed by atoms with van der Waals surface area (Å²) in [6, 6.07) is 0.659. The molecule has 0 radical (unpaired) electrons. The monoisotopic (exact) mass is 186 g/mol. The van der Waals surface area contributed by atoms with Gasteiger partial charge < -0.3 is 9.80 Å². The van der Waals surface area contributed by atoms with Crippen molar-refractivity contribution in [3.8, 4) is 0 Å².